The van der Waals surface area contributed by atoms with Gasteiger partial charge in [0.15, 0.2) is 16.9 Å². The number of pyridine rings is 2. The van der Waals surface area contributed by atoms with Crippen LogP contribution < -0.4 is 36.0 Å². The number of fused-ring (bicyclic) bond motifs is 7. The Morgan fingerprint density at radius 1 is 1.12 bits per heavy atom. The average molecular weight is 1080 g/mol. The Hall–Kier alpha value is -7.50. The molecule has 1 amide bonds. The van der Waals surface area contributed by atoms with E-state index in [2.05, 4.69) is 45.6 Å². The number of carbonyl (C=O) groups excluding carboxylic acids is 2. The molecule has 9 heterocycles. The number of benzene rings is 3. The molecule has 78 heavy (non-hydrogen) atoms. The number of aromatic nitrogens is 4. The van der Waals surface area contributed by atoms with Crippen molar-refractivity contribution in [2.75, 3.05) is 57.0 Å². The molecule has 12 rings (SSSR count). The molecular weight excluding hydrogens is 1020 g/mol. The van der Waals surface area contributed by atoms with E-state index in [0.717, 1.165) is 47.2 Å². The standard InChI is InChI=1S/C59H59F2N9O7S/c1-8-12-36-48-35(15-16-43(60)52(48)78-53(36)62)47-38(45-24-63-45)22-39-51(49(47)61)65-58(76-27-32-13-11-18-67(32)7)66-54(39)69-20-19-68(25-29(69)4)55(71)30(5)31(6)77-33-14-17-44-37(21-33)34(9-2)40-26-70-46(50(40)64-44)23-42-41(56(70)72)28-75-57(73)59(42,74)10-3/h14-17,21-23,29,31-32,45,63,74H,5,9-11,13,18-20,24-28,62H2,1-4,6-7H3/p+1/t29-,31?,32-,45?,59-/m0/s1. The first kappa shape index (κ1) is 51.3. The van der Waals surface area contributed by atoms with Crippen molar-refractivity contribution >= 4 is 65.9 Å². The molecule has 0 spiro atoms. The number of aromatic amines is 1. The minimum atomic E-state index is -1.93. The number of hydrogen-bond donors (Lipinski definition) is 3. The summed E-state index contributed by atoms with van der Waals surface area (Å²) >= 11 is 1.09. The van der Waals surface area contributed by atoms with E-state index in [1.54, 1.807) is 48.4 Å². The molecule has 5 aliphatic rings. The first-order valence-electron chi connectivity index (χ1n) is 26.7. The lowest BCUT2D eigenvalue weighted by molar-refractivity contribution is -0.385. The van der Waals surface area contributed by atoms with Crippen LogP contribution in [0.1, 0.15) is 93.3 Å². The van der Waals surface area contributed by atoms with Crippen LogP contribution in [0, 0.1) is 23.5 Å². The molecule has 0 saturated carbocycles. The summed E-state index contributed by atoms with van der Waals surface area (Å²) in [6.45, 7) is 16.5. The lowest BCUT2D eigenvalue weighted by atomic mass is 9.86. The third-order valence-corrected chi connectivity index (χ3v) is 17.6. The number of nitrogens with zero attached hydrogens (tertiary/aromatic N) is 6. The molecule has 4 aromatic heterocycles. The zero-order valence-electron chi connectivity index (χ0n) is 44.4. The molecule has 2 unspecified atom stereocenters. The van der Waals surface area contributed by atoms with Crippen LogP contribution in [-0.4, -0.2) is 106 Å². The van der Waals surface area contributed by atoms with Crippen LogP contribution in [0.4, 0.5) is 19.6 Å². The fourth-order valence-corrected chi connectivity index (χ4v) is 13.1. The van der Waals surface area contributed by atoms with Gasteiger partial charge < -0.3 is 44.7 Å². The molecule has 5 aliphatic heterocycles. The number of thiophene rings is 1. The largest absolute Gasteiger partial charge is 0.486 e. The van der Waals surface area contributed by atoms with E-state index < -0.39 is 29.3 Å². The smallest absolute Gasteiger partial charge is 0.432 e. The SMILES string of the molecule is C=C(C(=O)N1CCN(c2[nH+]c(OC[C@@H]3CCCN3C)nc3c(F)c(-c4ccc(F)c5sc(N)c(C#CC)c45)c(C4CN4)cc23)[C@@H](C)C1)C(C)Oc1ccc2nc3c(c(CC)c2c1)Cn1c-3cc2c(c1=O)COC(=O)[C@]2(O)CC. The number of rotatable bonds is 12. The summed E-state index contributed by atoms with van der Waals surface area (Å²) in [5, 5.41) is 16.9. The fraction of sp³-hybridized carbons (Fsp3) is 0.390. The molecule has 5 N–H and O–H groups in total. The molecule has 0 radical (unpaired) electrons. The van der Waals surface area contributed by atoms with Crippen molar-refractivity contribution in [3.8, 4) is 46.1 Å². The number of nitrogens with one attached hydrogen (secondary N) is 2. The molecule has 402 valence electrons. The van der Waals surface area contributed by atoms with Crippen LogP contribution in [0.25, 0.3) is 54.4 Å². The summed E-state index contributed by atoms with van der Waals surface area (Å²) in [4.78, 5) is 60.5. The Bertz CT molecular complexity index is 3870. The number of halogens is 2. The average Bonchev–Trinajstić information content (AvgIpc) is 4.15. The predicted molar refractivity (Wildman–Crippen MR) is 294 cm³/mol. The maximum Gasteiger partial charge on any atom is 0.432 e. The Labute approximate surface area is 452 Å². The van der Waals surface area contributed by atoms with Crippen LogP contribution in [-0.2, 0) is 39.5 Å². The molecule has 3 fully saturated rings. The minimum absolute atomic E-state index is 0.0491. The number of aliphatic hydroxyl groups is 1. The van der Waals surface area contributed by atoms with Gasteiger partial charge in [0.25, 0.3) is 11.5 Å². The minimum Gasteiger partial charge on any atom is -0.486 e. The number of likely N-dealkylation sites (N-methyl/N-ethyl adjacent to an activating group) is 1. The summed E-state index contributed by atoms with van der Waals surface area (Å²) < 4.78 is 53.5. The van der Waals surface area contributed by atoms with Crippen molar-refractivity contribution in [1.29, 1.82) is 0 Å². The fourth-order valence-electron chi connectivity index (χ4n) is 12.1. The maximum absolute atomic E-state index is 17.9. The van der Waals surface area contributed by atoms with Crippen LogP contribution in [0.15, 0.2) is 59.4 Å². The number of nitrogen functional groups attached to an aromatic ring is 1. The number of hydrogen-bond acceptors (Lipinski definition) is 14. The van der Waals surface area contributed by atoms with Crippen molar-refractivity contribution in [3.05, 3.63) is 110 Å². The molecular formula is C59H60F2N9O7S+. The lowest BCUT2D eigenvalue weighted by Gasteiger charge is -2.38. The number of cyclic esters (lactones) is 1. The molecule has 0 aliphatic carbocycles. The van der Waals surface area contributed by atoms with Gasteiger partial charge in [-0.1, -0.05) is 37.4 Å². The van der Waals surface area contributed by atoms with Crippen LogP contribution in [0.3, 0.4) is 0 Å². The summed E-state index contributed by atoms with van der Waals surface area (Å²) in [6, 6.07) is 12.1. The highest BCUT2D eigenvalue weighted by molar-refractivity contribution is 7.23. The van der Waals surface area contributed by atoms with E-state index >= 15 is 8.78 Å². The number of H-pyrrole nitrogens is 1. The van der Waals surface area contributed by atoms with Gasteiger partial charge in [0.2, 0.25) is 5.82 Å². The van der Waals surface area contributed by atoms with E-state index in [4.69, 9.17) is 29.9 Å². The molecule has 3 aromatic carbocycles. The molecule has 7 aromatic rings. The van der Waals surface area contributed by atoms with Gasteiger partial charge >= 0.3 is 12.0 Å². The number of likely N-dealkylation sites (tertiary alicyclic amines) is 1. The lowest BCUT2D eigenvalue weighted by Crippen LogP contribution is -2.55. The monoisotopic (exact) mass is 1080 g/mol. The second kappa shape index (κ2) is 19.4. The van der Waals surface area contributed by atoms with E-state index in [0.29, 0.717) is 110 Å². The van der Waals surface area contributed by atoms with Gasteiger partial charge in [-0.15, -0.1) is 17.3 Å². The number of anilines is 2. The zero-order chi connectivity index (χ0) is 54.6. The van der Waals surface area contributed by atoms with Gasteiger partial charge in [-0.3, -0.25) is 14.5 Å². The topological polar surface area (TPSA) is 202 Å². The Morgan fingerprint density at radius 2 is 1.92 bits per heavy atom. The van der Waals surface area contributed by atoms with Crippen LogP contribution >= 0.6 is 11.3 Å². The maximum atomic E-state index is 17.9. The van der Waals surface area contributed by atoms with Gasteiger partial charge in [-0.2, -0.15) is 0 Å². The van der Waals surface area contributed by atoms with Gasteiger partial charge in [0.05, 0.1) is 70.3 Å². The number of piperazine rings is 1. The van der Waals surface area contributed by atoms with E-state index in [-0.39, 0.29) is 77.4 Å². The van der Waals surface area contributed by atoms with Crippen molar-refractivity contribution in [3.63, 3.8) is 0 Å². The first-order chi connectivity index (χ1) is 37.5. The van der Waals surface area contributed by atoms with Gasteiger partial charge in [-0.05, 0) is 113 Å². The Morgan fingerprint density at radius 3 is 2.64 bits per heavy atom. The van der Waals surface area contributed by atoms with Crippen LogP contribution in [0.5, 0.6) is 11.8 Å². The highest BCUT2D eigenvalue weighted by Gasteiger charge is 2.46. The Kier molecular flexibility index (Phi) is 12.8. The summed E-state index contributed by atoms with van der Waals surface area (Å²) in [7, 11) is 2.06. The molecule has 0 bridgehead atoms. The Balaban J connectivity index is 0.819. The number of esters is 1. The molecule has 19 heteroatoms. The second-order valence-electron chi connectivity index (χ2n) is 21.1. The zero-order valence-corrected chi connectivity index (χ0v) is 45.2. The summed E-state index contributed by atoms with van der Waals surface area (Å²) in [6.07, 6.45) is 1.96. The molecule has 3 saturated heterocycles. The highest BCUT2D eigenvalue weighted by Crippen LogP contribution is 2.47. The van der Waals surface area contributed by atoms with Gasteiger partial charge in [0, 0.05) is 51.7 Å². The molecule has 5 atom stereocenters. The summed E-state index contributed by atoms with van der Waals surface area (Å²) in [5.74, 6) is 5.00. The number of amides is 1. The normalized spacial score (nSPS) is 21.0. The summed E-state index contributed by atoms with van der Waals surface area (Å²) in [5.41, 5.74) is 10.7. The van der Waals surface area contributed by atoms with Gasteiger partial charge in [-0.25, -0.2) is 23.5 Å². The first-order valence-corrected chi connectivity index (χ1v) is 27.5. The third-order valence-electron chi connectivity index (χ3n) is 16.6. The number of aryl methyl sites for hydroxylation is 1. The predicted octanol–water partition coefficient (Wildman–Crippen LogP) is 7.30. The van der Waals surface area contributed by atoms with E-state index in [9.17, 15) is 19.5 Å². The molecule has 16 nitrogen and oxygen atoms in total. The third kappa shape index (κ3) is 8.25. The quantitative estimate of drug-likeness (QED) is 0.0477. The van der Waals surface area contributed by atoms with E-state index in [1.165, 1.54) is 6.07 Å². The van der Waals surface area contributed by atoms with Crippen molar-refractivity contribution in [2.24, 2.45) is 0 Å². The van der Waals surface area contributed by atoms with Crippen molar-refractivity contribution in [1.82, 2.24) is 29.7 Å². The second-order valence-corrected chi connectivity index (χ2v) is 22.2. The number of nitrogens with two attached hydrogens (primary N) is 1. The van der Waals surface area contributed by atoms with E-state index in [1.807, 2.05) is 32.0 Å². The van der Waals surface area contributed by atoms with Crippen molar-refractivity contribution < 1.29 is 42.7 Å². The number of ether oxygens (including phenoxy) is 3. The van der Waals surface area contributed by atoms with Crippen LogP contribution in [0.2, 0.25) is 0 Å². The van der Waals surface area contributed by atoms with Gasteiger partial charge in [0.1, 0.15) is 35.9 Å². The number of carbonyl (C=O) groups is 2. The highest BCUT2D eigenvalue weighted by atomic mass is 32.1. The van der Waals surface area contributed by atoms with Crippen molar-refractivity contribution in [2.45, 2.75) is 103 Å².